The van der Waals surface area contributed by atoms with Crippen molar-refractivity contribution in [2.24, 2.45) is 7.05 Å². The third-order valence-corrected chi connectivity index (χ3v) is 6.44. The van der Waals surface area contributed by atoms with Crippen molar-refractivity contribution in [1.29, 1.82) is 0 Å². The van der Waals surface area contributed by atoms with Crippen LogP contribution in [-0.4, -0.2) is 36.2 Å². The van der Waals surface area contributed by atoms with Gasteiger partial charge in [0.25, 0.3) is 0 Å². The number of benzene rings is 1. The number of fused-ring (bicyclic) bond motifs is 2. The summed E-state index contributed by atoms with van der Waals surface area (Å²) in [6.07, 6.45) is 9.82. The lowest BCUT2D eigenvalue weighted by atomic mass is 10.1. The first-order chi connectivity index (χ1) is 13.7. The molecular weight excluding hydrogens is 350 g/mol. The Bertz CT molecular complexity index is 1010. The molecule has 0 unspecified atom stereocenters. The molecule has 0 N–H and O–H groups in total. The number of amides is 1. The lowest BCUT2D eigenvalue weighted by molar-refractivity contribution is -0.134. The molecule has 1 aromatic carbocycles. The van der Waals surface area contributed by atoms with Crippen LogP contribution in [0.2, 0.25) is 0 Å². The van der Waals surface area contributed by atoms with Gasteiger partial charge in [-0.25, -0.2) is 4.98 Å². The summed E-state index contributed by atoms with van der Waals surface area (Å²) < 4.78 is 4.00. The van der Waals surface area contributed by atoms with Crippen molar-refractivity contribution in [3.8, 4) is 0 Å². The van der Waals surface area contributed by atoms with Gasteiger partial charge in [0.05, 0.1) is 29.6 Å². The summed E-state index contributed by atoms with van der Waals surface area (Å²) in [5, 5.41) is 4.78. The Balaban J connectivity index is 1.42. The molecule has 2 heterocycles. The van der Waals surface area contributed by atoms with E-state index in [0.717, 1.165) is 42.4 Å². The maximum absolute atomic E-state index is 13.4. The Morgan fingerprint density at radius 3 is 2.86 bits per heavy atom. The predicted octanol–water partition coefficient (Wildman–Crippen LogP) is 3.23. The molecule has 0 aliphatic heterocycles. The van der Waals surface area contributed by atoms with Crippen LogP contribution in [0.1, 0.15) is 49.1 Å². The number of hydrogen-bond acceptors (Lipinski definition) is 3. The zero-order chi connectivity index (χ0) is 19.1. The molecule has 0 radical (unpaired) electrons. The molecule has 6 heteroatoms. The minimum absolute atomic E-state index is 0.174. The van der Waals surface area contributed by atoms with Gasteiger partial charge in [0.1, 0.15) is 6.54 Å². The zero-order valence-corrected chi connectivity index (χ0v) is 16.5. The van der Waals surface area contributed by atoms with E-state index in [9.17, 15) is 4.79 Å². The van der Waals surface area contributed by atoms with Crippen LogP contribution in [0.25, 0.3) is 11.0 Å². The molecule has 1 fully saturated rings. The molecule has 1 saturated carbocycles. The summed E-state index contributed by atoms with van der Waals surface area (Å²) >= 11 is 0. The zero-order valence-electron chi connectivity index (χ0n) is 16.5. The van der Waals surface area contributed by atoms with Gasteiger partial charge in [0.15, 0.2) is 0 Å². The van der Waals surface area contributed by atoms with Crippen LogP contribution in [0.4, 0.5) is 0 Å². The Morgan fingerprint density at radius 2 is 2.00 bits per heavy atom. The molecule has 28 heavy (non-hydrogen) atoms. The highest BCUT2D eigenvalue weighted by molar-refractivity contribution is 5.80. The fourth-order valence-electron chi connectivity index (χ4n) is 5.00. The van der Waals surface area contributed by atoms with Gasteiger partial charge in [-0.15, -0.1) is 0 Å². The lowest BCUT2D eigenvalue weighted by Gasteiger charge is -2.29. The fraction of sp³-hybridized carbons (Fsp3) is 0.500. The number of imidazole rings is 1. The third-order valence-electron chi connectivity index (χ3n) is 6.44. The van der Waals surface area contributed by atoms with Gasteiger partial charge in [0.2, 0.25) is 5.91 Å². The topological polar surface area (TPSA) is 56.0 Å². The second-order valence-electron chi connectivity index (χ2n) is 8.17. The van der Waals surface area contributed by atoms with Gasteiger partial charge < -0.3 is 9.47 Å². The van der Waals surface area contributed by atoms with Crippen molar-refractivity contribution >= 4 is 16.9 Å². The van der Waals surface area contributed by atoms with Crippen LogP contribution in [0.5, 0.6) is 0 Å². The van der Waals surface area contributed by atoms with E-state index in [2.05, 4.69) is 9.88 Å². The van der Waals surface area contributed by atoms with Gasteiger partial charge in [-0.3, -0.25) is 9.48 Å². The van der Waals surface area contributed by atoms with Gasteiger partial charge in [-0.1, -0.05) is 25.0 Å². The summed E-state index contributed by atoms with van der Waals surface area (Å²) in [6, 6.07) is 8.33. The van der Waals surface area contributed by atoms with Crippen molar-refractivity contribution < 1.29 is 4.79 Å². The number of aryl methyl sites for hydroxylation is 1. The van der Waals surface area contributed by atoms with Gasteiger partial charge in [-0.2, -0.15) is 5.10 Å². The average molecular weight is 377 g/mol. The van der Waals surface area contributed by atoms with Crippen LogP contribution in [0, 0.1) is 0 Å². The molecule has 0 atom stereocenters. The number of para-hydroxylation sites is 2. The number of rotatable bonds is 5. The standard InChI is InChI=1S/C22H27N5O/c1-25-20-12-6-9-17(20)19(24-25)13-27(16-7-2-3-8-16)22(28)14-26-15-23-18-10-4-5-11-21(18)26/h4-5,10-11,15-16H,2-3,6-9,12-14H2,1H3. The second-order valence-corrected chi connectivity index (χ2v) is 8.17. The van der Waals surface area contributed by atoms with Crippen molar-refractivity contribution in [3.05, 3.63) is 47.5 Å². The number of aromatic nitrogens is 4. The van der Waals surface area contributed by atoms with Gasteiger partial charge >= 0.3 is 0 Å². The molecule has 2 aliphatic rings. The largest absolute Gasteiger partial charge is 0.332 e. The van der Waals surface area contributed by atoms with E-state index in [1.165, 1.54) is 30.5 Å². The third kappa shape index (κ3) is 3.01. The van der Waals surface area contributed by atoms with Gasteiger partial charge in [0, 0.05) is 18.8 Å². The van der Waals surface area contributed by atoms with E-state index in [1.54, 1.807) is 6.33 Å². The Hall–Kier alpha value is -2.63. The Labute approximate surface area is 165 Å². The van der Waals surface area contributed by atoms with Crippen molar-refractivity contribution in [2.45, 2.75) is 64.1 Å². The van der Waals surface area contributed by atoms with Crippen LogP contribution >= 0.6 is 0 Å². The molecule has 3 aromatic rings. The van der Waals surface area contributed by atoms with Crippen molar-refractivity contribution in [2.75, 3.05) is 0 Å². The minimum Gasteiger partial charge on any atom is -0.332 e. The van der Waals surface area contributed by atoms with Crippen LogP contribution in [0.15, 0.2) is 30.6 Å². The first-order valence-corrected chi connectivity index (χ1v) is 10.4. The molecule has 0 saturated heterocycles. The summed E-state index contributed by atoms with van der Waals surface area (Å²) in [6.45, 7) is 0.978. The summed E-state index contributed by atoms with van der Waals surface area (Å²) in [4.78, 5) is 19.9. The van der Waals surface area contributed by atoms with E-state index < -0.39 is 0 Å². The molecule has 0 spiro atoms. The predicted molar refractivity (Wildman–Crippen MR) is 108 cm³/mol. The molecule has 6 nitrogen and oxygen atoms in total. The second kappa shape index (κ2) is 7.08. The number of hydrogen-bond donors (Lipinski definition) is 0. The average Bonchev–Trinajstić information content (AvgIpc) is 3.47. The van der Waals surface area contributed by atoms with Gasteiger partial charge in [-0.05, 0) is 49.8 Å². The summed E-state index contributed by atoms with van der Waals surface area (Å²) in [5.41, 5.74) is 5.79. The highest BCUT2D eigenvalue weighted by Gasteiger charge is 2.30. The highest BCUT2D eigenvalue weighted by Crippen LogP contribution is 2.29. The maximum atomic E-state index is 13.4. The molecular formula is C22H27N5O. The summed E-state index contributed by atoms with van der Waals surface area (Å²) in [5.74, 6) is 0.174. The van der Waals surface area contributed by atoms with E-state index in [0.29, 0.717) is 19.1 Å². The maximum Gasteiger partial charge on any atom is 0.243 e. The smallest absolute Gasteiger partial charge is 0.243 e. The number of carbonyl (C=O) groups is 1. The first kappa shape index (κ1) is 17.5. The highest BCUT2D eigenvalue weighted by atomic mass is 16.2. The molecule has 2 aromatic heterocycles. The number of nitrogens with zero attached hydrogens (tertiary/aromatic N) is 5. The van der Waals surface area contributed by atoms with E-state index in [-0.39, 0.29) is 5.91 Å². The summed E-state index contributed by atoms with van der Waals surface area (Å²) in [7, 11) is 2.03. The van der Waals surface area contributed by atoms with Crippen molar-refractivity contribution in [3.63, 3.8) is 0 Å². The quantitative estimate of drug-likeness (QED) is 0.686. The monoisotopic (exact) mass is 377 g/mol. The molecule has 0 bridgehead atoms. The van der Waals surface area contributed by atoms with E-state index in [1.807, 2.05) is 40.6 Å². The lowest BCUT2D eigenvalue weighted by Crippen LogP contribution is -2.40. The minimum atomic E-state index is 0.174. The van der Waals surface area contributed by atoms with Crippen molar-refractivity contribution in [1.82, 2.24) is 24.2 Å². The fourth-order valence-corrected chi connectivity index (χ4v) is 5.00. The molecule has 1 amide bonds. The Morgan fingerprint density at radius 1 is 1.18 bits per heavy atom. The number of carbonyl (C=O) groups excluding carboxylic acids is 1. The van der Waals surface area contributed by atoms with Crippen LogP contribution in [-0.2, 0) is 37.8 Å². The van der Waals surface area contributed by atoms with E-state index in [4.69, 9.17) is 5.10 Å². The SMILES string of the molecule is Cn1nc(CN(C(=O)Cn2cnc3ccccc32)C2CCCC2)c2c1CCC2. The first-order valence-electron chi connectivity index (χ1n) is 10.4. The van der Waals surface area contributed by atoms with Crippen LogP contribution in [0.3, 0.4) is 0 Å². The molecule has 5 rings (SSSR count). The van der Waals surface area contributed by atoms with E-state index >= 15 is 0 Å². The van der Waals surface area contributed by atoms with Crippen LogP contribution < -0.4 is 0 Å². The normalized spacial score (nSPS) is 16.8. The Kier molecular flexibility index (Phi) is 4.41. The molecule has 146 valence electrons. The molecule has 2 aliphatic carbocycles.